The molecule has 4 nitrogen and oxygen atoms in total. The van der Waals surface area contributed by atoms with Gasteiger partial charge < -0.3 is 16.0 Å². The van der Waals surface area contributed by atoms with Crippen molar-refractivity contribution in [2.75, 3.05) is 26.2 Å². The van der Waals surface area contributed by atoms with Crippen LogP contribution in [0, 0.1) is 5.92 Å². The van der Waals surface area contributed by atoms with Crippen molar-refractivity contribution in [3.8, 4) is 0 Å². The van der Waals surface area contributed by atoms with Crippen LogP contribution >= 0.6 is 0 Å². The van der Waals surface area contributed by atoms with E-state index >= 15 is 0 Å². The summed E-state index contributed by atoms with van der Waals surface area (Å²) in [6.45, 7) is 8.16. The van der Waals surface area contributed by atoms with Crippen molar-refractivity contribution < 1.29 is 4.79 Å². The van der Waals surface area contributed by atoms with Crippen LogP contribution in [0.1, 0.15) is 33.1 Å². The molecule has 16 heavy (non-hydrogen) atoms. The minimum atomic E-state index is 0.147. The Morgan fingerprint density at radius 3 is 2.88 bits per heavy atom. The molecule has 1 aliphatic heterocycles. The first-order valence-corrected chi connectivity index (χ1v) is 6.34. The predicted molar refractivity (Wildman–Crippen MR) is 66.1 cm³/mol. The highest BCUT2D eigenvalue weighted by molar-refractivity contribution is 5.75. The fourth-order valence-corrected chi connectivity index (χ4v) is 2.11. The lowest BCUT2D eigenvalue weighted by molar-refractivity contribution is -0.121. The Morgan fingerprint density at radius 2 is 2.31 bits per heavy atom. The predicted octanol–water partition coefficient (Wildman–Crippen LogP) is 0.572. The summed E-state index contributed by atoms with van der Waals surface area (Å²) in [5.41, 5.74) is 5.36. The molecule has 0 aromatic carbocycles. The van der Waals surface area contributed by atoms with Crippen LogP contribution in [-0.4, -0.2) is 43.0 Å². The van der Waals surface area contributed by atoms with E-state index in [9.17, 15) is 4.79 Å². The van der Waals surface area contributed by atoms with E-state index in [-0.39, 0.29) is 5.91 Å². The number of nitrogens with two attached hydrogens (primary N) is 1. The number of hydrogen-bond acceptors (Lipinski definition) is 3. The molecular weight excluding hydrogens is 202 g/mol. The molecule has 0 aromatic heterocycles. The van der Waals surface area contributed by atoms with Crippen LogP contribution in [0.25, 0.3) is 0 Å². The number of likely N-dealkylation sites (tertiary alicyclic amines) is 1. The normalized spacial score (nSPS) is 21.6. The Hall–Kier alpha value is -0.610. The Labute approximate surface area is 98.6 Å². The summed E-state index contributed by atoms with van der Waals surface area (Å²) in [5, 5.41) is 3.00. The molecule has 1 saturated heterocycles. The van der Waals surface area contributed by atoms with Crippen LogP contribution in [-0.2, 0) is 4.79 Å². The second-order valence-electron chi connectivity index (χ2n) is 4.94. The lowest BCUT2D eigenvalue weighted by atomic mass is 10.1. The van der Waals surface area contributed by atoms with Gasteiger partial charge in [-0.1, -0.05) is 0 Å². The number of amides is 1. The minimum Gasteiger partial charge on any atom is -0.356 e. The summed E-state index contributed by atoms with van der Waals surface area (Å²) in [4.78, 5) is 13.9. The SMILES string of the molecule is CC(C)N1CCC(CNC(=O)CCCN)C1. The molecule has 1 amide bonds. The maximum absolute atomic E-state index is 11.4. The standard InChI is InChI=1S/C12H25N3O/c1-10(2)15-7-5-11(9-15)8-14-12(16)4-3-6-13/h10-11H,3-9,13H2,1-2H3,(H,14,16). The smallest absolute Gasteiger partial charge is 0.220 e. The molecule has 1 heterocycles. The molecule has 0 aromatic rings. The first-order valence-electron chi connectivity index (χ1n) is 6.34. The fraction of sp³-hybridized carbons (Fsp3) is 0.917. The van der Waals surface area contributed by atoms with Gasteiger partial charge in [0.25, 0.3) is 0 Å². The van der Waals surface area contributed by atoms with Crippen LogP contribution in [0.4, 0.5) is 0 Å². The average Bonchev–Trinajstić information content (AvgIpc) is 2.72. The number of rotatable bonds is 6. The minimum absolute atomic E-state index is 0.147. The van der Waals surface area contributed by atoms with E-state index in [4.69, 9.17) is 5.73 Å². The molecule has 1 rings (SSSR count). The van der Waals surface area contributed by atoms with Crippen LogP contribution in [0.2, 0.25) is 0 Å². The summed E-state index contributed by atoms with van der Waals surface area (Å²) in [7, 11) is 0. The van der Waals surface area contributed by atoms with Gasteiger partial charge in [0.2, 0.25) is 5.91 Å². The van der Waals surface area contributed by atoms with E-state index in [2.05, 4.69) is 24.1 Å². The number of carbonyl (C=O) groups excluding carboxylic acids is 1. The molecular formula is C12H25N3O. The van der Waals surface area contributed by atoms with E-state index in [1.165, 1.54) is 13.0 Å². The van der Waals surface area contributed by atoms with Crippen LogP contribution in [0.15, 0.2) is 0 Å². The zero-order valence-corrected chi connectivity index (χ0v) is 10.5. The van der Waals surface area contributed by atoms with Gasteiger partial charge in [0.05, 0.1) is 0 Å². The third kappa shape index (κ3) is 4.49. The monoisotopic (exact) mass is 227 g/mol. The third-order valence-electron chi connectivity index (χ3n) is 3.24. The maximum atomic E-state index is 11.4. The van der Waals surface area contributed by atoms with Gasteiger partial charge in [0.1, 0.15) is 0 Å². The summed E-state index contributed by atoms with van der Waals surface area (Å²) < 4.78 is 0. The third-order valence-corrected chi connectivity index (χ3v) is 3.24. The second kappa shape index (κ2) is 6.86. The lowest BCUT2D eigenvalue weighted by Crippen LogP contribution is -2.33. The van der Waals surface area contributed by atoms with Gasteiger partial charge in [-0.05, 0) is 45.7 Å². The van der Waals surface area contributed by atoms with Crippen molar-refractivity contribution in [3.63, 3.8) is 0 Å². The van der Waals surface area contributed by atoms with Gasteiger partial charge in [-0.2, -0.15) is 0 Å². The molecule has 0 saturated carbocycles. The second-order valence-corrected chi connectivity index (χ2v) is 4.94. The van der Waals surface area contributed by atoms with Crippen molar-refractivity contribution >= 4 is 5.91 Å². The largest absolute Gasteiger partial charge is 0.356 e. The van der Waals surface area contributed by atoms with Gasteiger partial charge in [-0.15, -0.1) is 0 Å². The van der Waals surface area contributed by atoms with Crippen LogP contribution in [0.3, 0.4) is 0 Å². The molecule has 0 spiro atoms. The number of hydrogen-bond donors (Lipinski definition) is 2. The Balaban J connectivity index is 2.12. The average molecular weight is 227 g/mol. The summed E-state index contributed by atoms with van der Waals surface area (Å²) in [6, 6.07) is 0.623. The van der Waals surface area contributed by atoms with Crippen LogP contribution < -0.4 is 11.1 Å². The van der Waals surface area contributed by atoms with Gasteiger partial charge >= 0.3 is 0 Å². The maximum Gasteiger partial charge on any atom is 0.220 e. The van der Waals surface area contributed by atoms with Crippen LogP contribution in [0.5, 0.6) is 0 Å². The number of nitrogens with zero attached hydrogens (tertiary/aromatic N) is 1. The quantitative estimate of drug-likeness (QED) is 0.697. The van der Waals surface area contributed by atoms with Gasteiger partial charge in [-0.25, -0.2) is 0 Å². The molecule has 1 fully saturated rings. The Morgan fingerprint density at radius 1 is 1.56 bits per heavy atom. The molecule has 3 N–H and O–H groups in total. The van der Waals surface area contributed by atoms with Crippen molar-refractivity contribution in [3.05, 3.63) is 0 Å². The van der Waals surface area contributed by atoms with Crippen molar-refractivity contribution in [2.24, 2.45) is 11.7 Å². The van der Waals surface area contributed by atoms with Gasteiger partial charge in [-0.3, -0.25) is 4.79 Å². The van der Waals surface area contributed by atoms with E-state index in [1.807, 2.05) is 0 Å². The fourth-order valence-electron chi connectivity index (χ4n) is 2.11. The van der Waals surface area contributed by atoms with E-state index in [0.717, 1.165) is 19.5 Å². The van der Waals surface area contributed by atoms with Crippen molar-refractivity contribution in [1.82, 2.24) is 10.2 Å². The summed E-state index contributed by atoms with van der Waals surface area (Å²) in [5.74, 6) is 0.776. The molecule has 1 atom stereocenters. The van der Waals surface area contributed by atoms with E-state index < -0.39 is 0 Å². The highest BCUT2D eigenvalue weighted by atomic mass is 16.1. The van der Waals surface area contributed by atoms with E-state index in [0.29, 0.717) is 24.9 Å². The molecule has 94 valence electrons. The first-order chi connectivity index (χ1) is 7.63. The zero-order chi connectivity index (χ0) is 12.0. The summed E-state index contributed by atoms with van der Waals surface area (Å²) >= 11 is 0. The lowest BCUT2D eigenvalue weighted by Gasteiger charge is -2.20. The Kier molecular flexibility index (Phi) is 5.77. The molecule has 0 aliphatic carbocycles. The van der Waals surface area contributed by atoms with E-state index in [1.54, 1.807) is 0 Å². The van der Waals surface area contributed by atoms with Crippen molar-refractivity contribution in [2.45, 2.75) is 39.2 Å². The first kappa shape index (κ1) is 13.5. The summed E-state index contributed by atoms with van der Waals surface area (Å²) in [6.07, 6.45) is 2.56. The molecule has 1 unspecified atom stereocenters. The zero-order valence-electron chi connectivity index (χ0n) is 10.5. The number of nitrogens with one attached hydrogen (secondary N) is 1. The number of carbonyl (C=O) groups is 1. The molecule has 0 bridgehead atoms. The van der Waals surface area contributed by atoms with Crippen molar-refractivity contribution in [1.29, 1.82) is 0 Å². The van der Waals surface area contributed by atoms with Gasteiger partial charge in [0.15, 0.2) is 0 Å². The van der Waals surface area contributed by atoms with Gasteiger partial charge in [0, 0.05) is 25.6 Å². The molecule has 1 aliphatic rings. The highest BCUT2D eigenvalue weighted by Crippen LogP contribution is 2.17. The molecule has 4 heteroatoms. The highest BCUT2D eigenvalue weighted by Gasteiger charge is 2.24. The Bertz CT molecular complexity index is 218. The molecule has 0 radical (unpaired) electrons. The topological polar surface area (TPSA) is 58.4 Å².